The topological polar surface area (TPSA) is 12.0 Å². The maximum absolute atomic E-state index is 5.97. The van der Waals surface area contributed by atoms with Gasteiger partial charge in [0.15, 0.2) is 0 Å². The van der Waals surface area contributed by atoms with Gasteiger partial charge in [-0.05, 0) is 54.5 Å². The van der Waals surface area contributed by atoms with Crippen molar-refractivity contribution in [2.45, 2.75) is 6.42 Å². The first-order valence-electron chi connectivity index (χ1n) is 4.61. The zero-order chi connectivity index (χ0) is 9.97. The Morgan fingerprint density at radius 2 is 2.20 bits per heavy atom. The predicted octanol–water partition coefficient (Wildman–Crippen LogP) is 3.74. The fourth-order valence-electron chi connectivity index (χ4n) is 1.51. The number of halogens is 2. The molecule has 15 heavy (non-hydrogen) atoms. The van der Waals surface area contributed by atoms with E-state index < -0.39 is 0 Å². The van der Waals surface area contributed by atoms with Gasteiger partial charge in [-0.3, -0.25) is 0 Å². The first-order chi connectivity index (χ1) is 6.81. The van der Waals surface area contributed by atoms with Crippen molar-refractivity contribution >= 4 is 45.4 Å². The highest BCUT2D eigenvalue weighted by Gasteiger charge is 2.03. The Balaban J connectivity index is 0.00000112. The summed E-state index contributed by atoms with van der Waals surface area (Å²) in [6.07, 6.45) is 1.07. The lowest BCUT2D eigenvalue weighted by atomic mass is 10.1. The molecule has 0 amide bonds. The third-order valence-corrected chi connectivity index (χ3v) is 3.51. The molecule has 0 bridgehead atoms. The lowest BCUT2D eigenvalue weighted by Gasteiger charge is -1.98. The standard InChI is InChI=1S/C11H12ClNS.ClH/c1-13-5-4-8-7-14-11-3-2-9(12)6-10(8)11;/h2-3,6-7,13H,4-5H2,1H3;1H. The molecule has 0 aliphatic carbocycles. The van der Waals surface area contributed by atoms with E-state index in [4.69, 9.17) is 11.6 Å². The highest BCUT2D eigenvalue weighted by atomic mass is 35.5. The van der Waals surface area contributed by atoms with Crippen LogP contribution in [0.1, 0.15) is 5.56 Å². The summed E-state index contributed by atoms with van der Waals surface area (Å²) < 4.78 is 1.32. The van der Waals surface area contributed by atoms with Crippen molar-refractivity contribution in [2.75, 3.05) is 13.6 Å². The van der Waals surface area contributed by atoms with E-state index in [9.17, 15) is 0 Å². The lowest BCUT2D eigenvalue weighted by molar-refractivity contribution is 0.796. The van der Waals surface area contributed by atoms with E-state index in [0.29, 0.717) is 0 Å². The van der Waals surface area contributed by atoms with Crippen LogP contribution in [-0.2, 0) is 6.42 Å². The number of nitrogens with one attached hydrogen (secondary N) is 1. The summed E-state index contributed by atoms with van der Waals surface area (Å²) in [7, 11) is 1.97. The minimum Gasteiger partial charge on any atom is -0.319 e. The summed E-state index contributed by atoms with van der Waals surface area (Å²) in [5, 5.41) is 7.50. The van der Waals surface area contributed by atoms with Crippen LogP contribution >= 0.6 is 35.3 Å². The molecular formula is C11H13Cl2NS. The summed E-state index contributed by atoms with van der Waals surface area (Å²) in [6.45, 7) is 1.01. The van der Waals surface area contributed by atoms with Gasteiger partial charge >= 0.3 is 0 Å². The quantitative estimate of drug-likeness (QED) is 0.888. The van der Waals surface area contributed by atoms with Crippen LogP contribution in [0.15, 0.2) is 23.6 Å². The van der Waals surface area contributed by atoms with Crippen LogP contribution in [0, 0.1) is 0 Å². The maximum Gasteiger partial charge on any atom is 0.0413 e. The van der Waals surface area contributed by atoms with Gasteiger partial charge in [0.2, 0.25) is 0 Å². The second-order valence-corrected chi connectivity index (χ2v) is 4.60. The van der Waals surface area contributed by atoms with Crippen LogP contribution in [-0.4, -0.2) is 13.6 Å². The fourth-order valence-corrected chi connectivity index (χ4v) is 2.66. The maximum atomic E-state index is 5.97. The first kappa shape index (κ1) is 12.8. The molecule has 1 nitrogen and oxygen atoms in total. The van der Waals surface area contributed by atoms with E-state index in [-0.39, 0.29) is 12.4 Å². The van der Waals surface area contributed by atoms with Gasteiger partial charge in [0, 0.05) is 9.72 Å². The molecule has 1 N–H and O–H groups in total. The smallest absolute Gasteiger partial charge is 0.0413 e. The molecule has 0 saturated heterocycles. The Morgan fingerprint density at radius 1 is 1.40 bits per heavy atom. The molecule has 1 aromatic carbocycles. The fraction of sp³-hybridized carbons (Fsp3) is 0.273. The Kier molecular flexibility index (Phi) is 4.87. The summed E-state index contributed by atoms with van der Waals surface area (Å²) in [5.74, 6) is 0. The molecule has 0 atom stereocenters. The molecule has 1 heterocycles. The zero-order valence-electron chi connectivity index (χ0n) is 8.42. The zero-order valence-corrected chi connectivity index (χ0v) is 10.8. The van der Waals surface area contributed by atoms with E-state index in [2.05, 4.69) is 22.8 Å². The molecule has 2 rings (SSSR count). The molecule has 0 saturated carbocycles. The predicted molar refractivity (Wildman–Crippen MR) is 71.7 cm³/mol. The number of fused-ring (bicyclic) bond motifs is 1. The molecule has 82 valence electrons. The highest BCUT2D eigenvalue weighted by Crippen LogP contribution is 2.28. The molecule has 2 aromatic rings. The molecule has 0 spiro atoms. The number of hydrogen-bond donors (Lipinski definition) is 1. The van der Waals surface area contributed by atoms with Gasteiger partial charge in [-0.15, -0.1) is 23.7 Å². The minimum atomic E-state index is 0. The third-order valence-electron chi connectivity index (χ3n) is 2.26. The molecule has 0 unspecified atom stereocenters. The Labute approximate surface area is 105 Å². The second kappa shape index (κ2) is 5.71. The molecule has 4 heteroatoms. The van der Waals surface area contributed by atoms with Crippen molar-refractivity contribution in [1.29, 1.82) is 0 Å². The van der Waals surface area contributed by atoms with E-state index in [0.717, 1.165) is 18.0 Å². The number of likely N-dealkylation sites (N-methyl/N-ethyl adjacent to an activating group) is 1. The van der Waals surface area contributed by atoms with Gasteiger partial charge in [-0.25, -0.2) is 0 Å². The van der Waals surface area contributed by atoms with Gasteiger partial charge in [-0.1, -0.05) is 11.6 Å². The number of rotatable bonds is 3. The van der Waals surface area contributed by atoms with Gasteiger partial charge in [0.1, 0.15) is 0 Å². The normalized spacial score (nSPS) is 10.3. The van der Waals surface area contributed by atoms with E-state index >= 15 is 0 Å². The van der Waals surface area contributed by atoms with Gasteiger partial charge in [0.05, 0.1) is 0 Å². The monoisotopic (exact) mass is 261 g/mol. The van der Waals surface area contributed by atoms with Crippen LogP contribution in [0.5, 0.6) is 0 Å². The summed E-state index contributed by atoms with van der Waals surface area (Å²) in [6, 6.07) is 6.09. The van der Waals surface area contributed by atoms with Gasteiger partial charge in [-0.2, -0.15) is 0 Å². The highest BCUT2D eigenvalue weighted by molar-refractivity contribution is 7.17. The summed E-state index contributed by atoms with van der Waals surface area (Å²) in [4.78, 5) is 0. The number of benzene rings is 1. The van der Waals surface area contributed by atoms with Crippen LogP contribution in [0.25, 0.3) is 10.1 Å². The third kappa shape index (κ3) is 2.85. The van der Waals surface area contributed by atoms with Crippen LogP contribution in [0.4, 0.5) is 0 Å². The molecular weight excluding hydrogens is 249 g/mol. The van der Waals surface area contributed by atoms with Crippen molar-refractivity contribution in [1.82, 2.24) is 5.32 Å². The number of thiophene rings is 1. The lowest BCUT2D eigenvalue weighted by Crippen LogP contribution is -2.09. The van der Waals surface area contributed by atoms with E-state index in [1.807, 2.05) is 13.1 Å². The van der Waals surface area contributed by atoms with E-state index in [1.165, 1.54) is 15.6 Å². The van der Waals surface area contributed by atoms with Crippen LogP contribution < -0.4 is 5.32 Å². The van der Waals surface area contributed by atoms with Crippen molar-refractivity contribution < 1.29 is 0 Å². The Bertz CT molecular complexity index is 439. The Morgan fingerprint density at radius 3 is 2.93 bits per heavy atom. The Hall–Kier alpha value is -0.280. The van der Waals surface area contributed by atoms with Crippen molar-refractivity contribution in [3.05, 3.63) is 34.2 Å². The average molecular weight is 262 g/mol. The van der Waals surface area contributed by atoms with Crippen molar-refractivity contribution in [3.8, 4) is 0 Å². The van der Waals surface area contributed by atoms with Crippen LogP contribution in [0.3, 0.4) is 0 Å². The summed E-state index contributed by atoms with van der Waals surface area (Å²) in [5.41, 5.74) is 1.39. The second-order valence-electron chi connectivity index (χ2n) is 3.25. The largest absolute Gasteiger partial charge is 0.319 e. The van der Waals surface area contributed by atoms with Gasteiger partial charge in [0.25, 0.3) is 0 Å². The molecule has 0 radical (unpaired) electrons. The SMILES string of the molecule is CNCCc1csc2ccc(Cl)cc12.Cl. The minimum absolute atomic E-state index is 0. The molecule has 0 aliphatic heterocycles. The first-order valence-corrected chi connectivity index (χ1v) is 5.87. The number of hydrogen-bond acceptors (Lipinski definition) is 2. The van der Waals surface area contributed by atoms with E-state index in [1.54, 1.807) is 11.3 Å². The molecule has 0 fully saturated rings. The molecule has 1 aromatic heterocycles. The van der Waals surface area contributed by atoms with Crippen molar-refractivity contribution in [2.24, 2.45) is 0 Å². The molecule has 0 aliphatic rings. The van der Waals surface area contributed by atoms with Gasteiger partial charge < -0.3 is 5.32 Å². The van der Waals surface area contributed by atoms with Crippen molar-refractivity contribution in [3.63, 3.8) is 0 Å². The summed E-state index contributed by atoms with van der Waals surface area (Å²) >= 11 is 7.76. The average Bonchev–Trinajstić information content (AvgIpc) is 2.57. The van der Waals surface area contributed by atoms with Crippen LogP contribution in [0.2, 0.25) is 5.02 Å².